The second-order valence-electron chi connectivity index (χ2n) is 4.79. The zero-order valence-corrected chi connectivity index (χ0v) is 13.2. The lowest BCUT2D eigenvalue weighted by atomic mass is 10.1. The number of unbranched alkanes of at least 4 members (excludes halogenated alkanes) is 5. The van der Waals surface area contributed by atoms with E-state index in [0.29, 0.717) is 6.42 Å². The van der Waals surface area contributed by atoms with E-state index in [-0.39, 0.29) is 0 Å². The highest BCUT2D eigenvalue weighted by molar-refractivity contribution is 9.10. The first-order chi connectivity index (χ1) is 9.24. The molecule has 0 spiro atoms. The van der Waals surface area contributed by atoms with Gasteiger partial charge in [0.15, 0.2) is 0 Å². The van der Waals surface area contributed by atoms with Crippen LogP contribution in [0.1, 0.15) is 63.5 Å². The lowest BCUT2D eigenvalue weighted by molar-refractivity contribution is 0.184. The van der Waals surface area contributed by atoms with Crippen molar-refractivity contribution < 1.29 is 5.11 Å². The minimum atomic E-state index is -0.481. The smallest absolute Gasteiger partial charge is 0.0899 e. The number of rotatable bonds is 7. The molecule has 1 atom stereocenters. The predicted molar refractivity (Wildman–Crippen MR) is 84.9 cm³/mol. The van der Waals surface area contributed by atoms with Gasteiger partial charge in [-0.25, -0.2) is 0 Å². The minimum absolute atomic E-state index is 0.481. The summed E-state index contributed by atoms with van der Waals surface area (Å²) in [5.74, 6) is 6.23. The van der Waals surface area contributed by atoms with Crippen molar-refractivity contribution in [2.45, 2.75) is 58.0 Å². The molecule has 0 heterocycles. The van der Waals surface area contributed by atoms with E-state index in [9.17, 15) is 5.11 Å². The van der Waals surface area contributed by atoms with E-state index >= 15 is 0 Å². The molecule has 1 N–H and O–H groups in total. The van der Waals surface area contributed by atoms with Gasteiger partial charge >= 0.3 is 0 Å². The number of aliphatic hydroxyl groups is 1. The van der Waals surface area contributed by atoms with Gasteiger partial charge in [-0.3, -0.25) is 0 Å². The van der Waals surface area contributed by atoms with Crippen molar-refractivity contribution in [3.8, 4) is 11.8 Å². The number of hydrogen-bond acceptors (Lipinski definition) is 1. The molecule has 1 nitrogen and oxygen atoms in total. The Kier molecular flexibility index (Phi) is 8.62. The van der Waals surface area contributed by atoms with Crippen LogP contribution in [0.5, 0.6) is 0 Å². The Bertz CT molecular complexity index is 417. The third-order valence-electron chi connectivity index (χ3n) is 3.06. The van der Waals surface area contributed by atoms with E-state index < -0.39 is 6.10 Å². The number of aliphatic hydroxyl groups excluding tert-OH is 1. The van der Waals surface area contributed by atoms with E-state index in [4.69, 9.17) is 0 Å². The van der Waals surface area contributed by atoms with E-state index in [1.807, 2.05) is 24.3 Å². The van der Waals surface area contributed by atoms with Gasteiger partial charge in [0.1, 0.15) is 0 Å². The first-order valence-electron chi connectivity index (χ1n) is 7.13. The monoisotopic (exact) mass is 322 g/mol. The largest absolute Gasteiger partial charge is 0.387 e. The Labute approximate surface area is 125 Å². The molecular weight excluding hydrogens is 300 g/mol. The fourth-order valence-electron chi connectivity index (χ4n) is 1.91. The molecule has 1 aromatic carbocycles. The standard InChI is InChI=1S/C17H23BrO/c1-2-3-4-5-6-7-8-9-13-17(19)15-11-10-12-16(18)14-15/h10-12,14,17,19H,2-7,13H2,1H3. The molecule has 19 heavy (non-hydrogen) atoms. The molecule has 2 heteroatoms. The van der Waals surface area contributed by atoms with Gasteiger partial charge in [-0.15, -0.1) is 11.8 Å². The molecule has 0 aliphatic heterocycles. The highest BCUT2D eigenvalue weighted by atomic mass is 79.9. The van der Waals surface area contributed by atoms with Crippen LogP contribution in [0.15, 0.2) is 28.7 Å². The van der Waals surface area contributed by atoms with Crippen molar-refractivity contribution in [1.82, 2.24) is 0 Å². The molecule has 0 bridgehead atoms. The molecule has 104 valence electrons. The van der Waals surface area contributed by atoms with Gasteiger partial charge in [0.2, 0.25) is 0 Å². The first-order valence-corrected chi connectivity index (χ1v) is 7.92. The highest BCUT2D eigenvalue weighted by Crippen LogP contribution is 2.20. The minimum Gasteiger partial charge on any atom is -0.387 e. The van der Waals surface area contributed by atoms with Gasteiger partial charge in [0.25, 0.3) is 0 Å². The predicted octanol–water partition coefficient (Wildman–Crippen LogP) is 5.24. The van der Waals surface area contributed by atoms with Crippen molar-refractivity contribution in [1.29, 1.82) is 0 Å². The van der Waals surface area contributed by atoms with Gasteiger partial charge in [0, 0.05) is 17.3 Å². The average molecular weight is 323 g/mol. The molecule has 0 saturated heterocycles. The molecule has 0 saturated carbocycles. The Morgan fingerprint density at radius 3 is 2.68 bits per heavy atom. The average Bonchev–Trinajstić information content (AvgIpc) is 2.41. The van der Waals surface area contributed by atoms with Crippen molar-refractivity contribution >= 4 is 15.9 Å². The quantitative estimate of drug-likeness (QED) is 0.538. The van der Waals surface area contributed by atoms with Gasteiger partial charge < -0.3 is 5.11 Å². The van der Waals surface area contributed by atoms with Crippen molar-refractivity contribution in [2.24, 2.45) is 0 Å². The Balaban J connectivity index is 2.21. The summed E-state index contributed by atoms with van der Waals surface area (Å²) in [6, 6.07) is 7.76. The zero-order chi connectivity index (χ0) is 13.9. The Hall–Kier alpha value is -0.780. The van der Waals surface area contributed by atoms with Crippen LogP contribution in [0.2, 0.25) is 0 Å². The van der Waals surface area contributed by atoms with Crippen molar-refractivity contribution in [2.75, 3.05) is 0 Å². The van der Waals surface area contributed by atoms with Crippen molar-refractivity contribution in [3.05, 3.63) is 34.3 Å². The topological polar surface area (TPSA) is 20.2 Å². The molecule has 0 fully saturated rings. The van der Waals surface area contributed by atoms with Crippen LogP contribution in [-0.4, -0.2) is 5.11 Å². The molecule has 1 rings (SSSR count). The summed E-state index contributed by atoms with van der Waals surface area (Å²) in [5.41, 5.74) is 0.923. The summed E-state index contributed by atoms with van der Waals surface area (Å²) < 4.78 is 0.993. The zero-order valence-electron chi connectivity index (χ0n) is 11.7. The van der Waals surface area contributed by atoms with Crippen molar-refractivity contribution in [3.63, 3.8) is 0 Å². The number of benzene rings is 1. The van der Waals surface area contributed by atoms with E-state index in [1.54, 1.807) is 0 Å². The molecule has 0 aromatic heterocycles. The molecule has 0 aliphatic rings. The van der Waals surface area contributed by atoms with Crippen LogP contribution in [0.4, 0.5) is 0 Å². The third kappa shape index (κ3) is 7.40. The Morgan fingerprint density at radius 1 is 1.16 bits per heavy atom. The fraction of sp³-hybridized carbons (Fsp3) is 0.529. The maximum atomic E-state index is 9.99. The molecule has 0 amide bonds. The van der Waals surface area contributed by atoms with Crippen LogP contribution in [0, 0.1) is 11.8 Å². The molecule has 1 unspecified atom stereocenters. The van der Waals surface area contributed by atoms with E-state index in [1.165, 1.54) is 32.1 Å². The van der Waals surface area contributed by atoms with E-state index in [2.05, 4.69) is 34.7 Å². The summed E-state index contributed by atoms with van der Waals surface area (Å²) in [6.07, 6.45) is 7.38. The highest BCUT2D eigenvalue weighted by Gasteiger charge is 2.05. The van der Waals surface area contributed by atoms with Crippen LogP contribution in [0.3, 0.4) is 0 Å². The molecule has 0 radical (unpaired) electrons. The third-order valence-corrected chi connectivity index (χ3v) is 3.55. The number of hydrogen-bond donors (Lipinski definition) is 1. The van der Waals surface area contributed by atoms with Gasteiger partial charge in [-0.2, -0.15) is 0 Å². The molecule has 0 aliphatic carbocycles. The lowest BCUT2D eigenvalue weighted by Gasteiger charge is -2.07. The van der Waals surface area contributed by atoms with Gasteiger partial charge in [-0.1, -0.05) is 60.7 Å². The summed E-state index contributed by atoms with van der Waals surface area (Å²) >= 11 is 3.41. The van der Waals surface area contributed by atoms with Crippen LogP contribution < -0.4 is 0 Å². The first kappa shape index (κ1) is 16.3. The molecule has 1 aromatic rings. The summed E-state index contributed by atoms with van der Waals surface area (Å²) in [6.45, 7) is 2.23. The van der Waals surface area contributed by atoms with Crippen LogP contribution in [0.25, 0.3) is 0 Å². The summed E-state index contributed by atoms with van der Waals surface area (Å²) in [7, 11) is 0. The second kappa shape index (κ2) is 10.1. The maximum Gasteiger partial charge on any atom is 0.0899 e. The summed E-state index contributed by atoms with van der Waals surface area (Å²) in [4.78, 5) is 0. The normalized spacial score (nSPS) is 11.7. The van der Waals surface area contributed by atoms with Crippen LogP contribution >= 0.6 is 15.9 Å². The molecular formula is C17H23BrO. The maximum absolute atomic E-state index is 9.99. The Morgan fingerprint density at radius 2 is 1.95 bits per heavy atom. The SMILES string of the molecule is CCCCCCCC#CCC(O)c1cccc(Br)c1. The fourth-order valence-corrected chi connectivity index (χ4v) is 2.32. The second-order valence-corrected chi connectivity index (χ2v) is 5.71. The van der Waals surface area contributed by atoms with Crippen LogP contribution in [-0.2, 0) is 0 Å². The number of halogens is 1. The lowest BCUT2D eigenvalue weighted by Crippen LogP contribution is -1.95. The van der Waals surface area contributed by atoms with E-state index in [0.717, 1.165) is 16.5 Å². The van der Waals surface area contributed by atoms with Gasteiger partial charge in [0.05, 0.1) is 6.10 Å². The van der Waals surface area contributed by atoms with Gasteiger partial charge in [-0.05, 0) is 24.1 Å². The summed E-state index contributed by atoms with van der Waals surface area (Å²) in [5, 5.41) is 9.99.